The second-order valence-electron chi connectivity index (χ2n) is 5.25. The van der Waals surface area contributed by atoms with Crippen molar-refractivity contribution in [3.8, 4) is 0 Å². The Hall–Kier alpha value is -1.19. The van der Waals surface area contributed by atoms with E-state index >= 15 is 0 Å². The number of hydrogen-bond acceptors (Lipinski definition) is 1. The summed E-state index contributed by atoms with van der Waals surface area (Å²) in [6.45, 7) is 0. The molecular formula is C17H17BrFN. The lowest BCUT2D eigenvalue weighted by Gasteiger charge is -2.20. The number of halogens is 2. The molecule has 1 unspecified atom stereocenters. The molecule has 0 aromatic heterocycles. The van der Waals surface area contributed by atoms with E-state index in [-0.39, 0.29) is 11.9 Å². The van der Waals surface area contributed by atoms with Gasteiger partial charge in [-0.15, -0.1) is 0 Å². The number of nitrogens with one attached hydrogen (secondary N) is 1. The van der Waals surface area contributed by atoms with Gasteiger partial charge in [-0.3, -0.25) is 0 Å². The molecule has 0 aliphatic heterocycles. The molecule has 1 nitrogen and oxygen atoms in total. The molecule has 0 fully saturated rings. The van der Waals surface area contributed by atoms with E-state index in [4.69, 9.17) is 0 Å². The molecule has 1 N–H and O–H groups in total. The molecule has 0 saturated heterocycles. The van der Waals surface area contributed by atoms with Gasteiger partial charge in [0.2, 0.25) is 0 Å². The first-order valence-electron chi connectivity index (χ1n) is 6.93. The van der Waals surface area contributed by atoms with E-state index < -0.39 is 0 Å². The SMILES string of the molecule is CNC(c1ccc2c(c1)CCC2)c1cccc(F)c1Br. The second-order valence-corrected chi connectivity index (χ2v) is 6.04. The van der Waals surface area contributed by atoms with Gasteiger partial charge in [0, 0.05) is 0 Å². The zero-order valence-corrected chi connectivity index (χ0v) is 13.0. The van der Waals surface area contributed by atoms with Gasteiger partial charge in [-0.2, -0.15) is 0 Å². The van der Waals surface area contributed by atoms with Crippen molar-refractivity contribution < 1.29 is 4.39 Å². The Kier molecular flexibility index (Phi) is 3.90. The highest BCUT2D eigenvalue weighted by molar-refractivity contribution is 9.10. The molecule has 0 spiro atoms. The summed E-state index contributed by atoms with van der Waals surface area (Å²) in [5, 5.41) is 3.30. The third-order valence-electron chi connectivity index (χ3n) is 4.04. The maximum Gasteiger partial charge on any atom is 0.137 e. The number of benzene rings is 2. The lowest BCUT2D eigenvalue weighted by Crippen LogP contribution is -2.18. The lowest BCUT2D eigenvalue weighted by molar-refractivity contribution is 0.608. The summed E-state index contributed by atoms with van der Waals surface area (Å²) >= 11 is 3.37. The van der Waals surface area contributed by atoms with E-state index in [1.165, 1.54) is 35.6 Å². The number of rotatable bonds is 3. The zero-order chi connectivity index (χ0) is 14.1. The summed E-state index contributed by atoms with van der Waals surface area (Å²) in [5.74, 6) is -0.219. The predicted octanol–water partition coefficient (Wildman–Crippen LogP) is 4.39. The minimum Gasteiger partial charge on any atom is -0.309 e. The molecule has 104 valence electrons. The van der Waals surface area contributed by atoms with Crippen LogP contribution in [-0.4, -0.2) is 7.05 Å². The van der Waals surface area contributed by atoms with Crippen LogP contribution in [0.1, 0.15) is 34.7 Å². The minimum absolute atomic E-state index is 0.00553. The Morgan fingerprint density at radius 3 is 2.75 bits per heavy atom. The van der Waals surface area contributed by atoms with Gasteiger partial charge in [0.05, 0.1) is 10.5 Å². The van der Waals surface area contributed by atoms with Crippen molar-refractivity contribution in [3.05, 3.63) is 68.9 Å². The number of aryl methyl sites for hydroxylation is 2. The van der Waals surface area contributed by atoms with Crippen molar-refractivity contribution in [2.75, 3.05) is 7.05 Å². The van der Waals surface area contributed by atoms with Gasteiger partial charge in [0.15, 0.2) is 0 Å². The summed E-state index contributed by atoms with van der Waals surface area (Å²) in [6, 6.07) is 11.8. The molecule has 1 aliphatic rings. The Bertz CT molecular complexity index is 639. The molecule has 0 radical (unpaired) electrons. The summed E-state index contributed by atoms with van der Waals surface area (Å²) in [6.07, 6.45) is 3.58. The number of fused-ring (bicyclic) bond motifs is 1. The number of hydrogen-bond donors (Lipinski definition) is 1. The summed E-state index contributed by atoms with van der Waals surface area (Å²) < 4.78 is 14.3. The Morgan fingerprint density at radius 2 is 1.95 bits per heavy atom. The van der Waals surface area contributed by atoms with E-state index in [1.54, 1.807) is 6.07 Å². The van der Waals surface area contributed by atoms with Gasteiger partial charge in [-0.1, -0.05) is 30.3 Å². The van der Waals surface area contributed by atoms with Crippen LogP contribution in [0.2, 0.25) is 0 Å². The van der Waals surface area contributed by atoms with Crippen LogP contribution in [0.5, 0.6) is 0 Å². The Balaban J connectivity index is 2.03. The first kappa shape index (κ1) is 13.8. The summed E-state index contributed by atoms with van der Waals surface area (Å²) in [5.41, 5.74) is 5.03. The monoisotopic (exact) mass is 333 g/mol. The Morgan fingerprint density at radius 1 is 1.15 bits per heavy atom. The van der Waals surface area contributed by atoms with Crippen LogP contribution in [0.4, 0.5) is 4.39 Å². The molecule has 3 heteroatoms. The van der Waals surface area contributed by atoms with Crippen LogP contribution in [0.3, 0.4) is 0 Å². The fraction of sp³-hybridized carbons (Fsp3) is 0.294. The van der Waals surface area contributed by atoms with Crippen LogP contribution >= 0.6 is 15.9 Å². The van der Waals surface area contributed by atoms with Crippen LogP contribution in [-0.2, 0) is 12.8 Å². The summed E-state index contributed by atoms with van der Waals surface area (Å²) in [7, 11) is 1.91. The van der Waals surface area contributed by atoms with Crippen LogP contribution in [0.15, 0.2) is 40.9 Å². The van der Waals surface area contributed by atoms with Gasteiger partial charge < -0.3 is 5.32 Å². The Labute approximate surface area is 127 Å². The van der Waals surface area contributed by atoms with E-state index in [0.717, 1.165) is 12.0 Å². The zero-order valence-electron chi connectivity index (χ0n) is 11.4. The lowest BCUT2D eigenvalue weighted by atomic mass is 9.96. The normalized spacial score (nSPS) is 15.2. The van der Waals surface area contributed by atoms with Crippen molar-refractivity contribution in [1.29, 1.82) is 0 Å². The third kappa shape index (κ3) is 2.40. The minimum atomic E-state index is -0.219. The average molecular weight is 334 g/mol. The fourth-order valence-corrected chi connectivity index (χ4v) is 3.51. The highest BCUT2D eigenvalue weighted by atomic mass is 79.9. The molecule has 0 amide bonds. The first-order valence-corrected chi connectivity index (χ1v) is 7.73. The van der Waals surface area contributed by atoms with E-state index in [0.29, 0.717) is 4.47 Å². The van der Waals surface area contributed by atoms with Crippen molar-refractivity contribution >= 4 is 15.9 Å². The van der Waals surface area contributed by atoms with Gasteiger partial charge in [-0.25, -0.2) is 4.39 Å². The maximum absolute atomic E-state index is 13.7. The quantitative estimate of drug-likeness (QED) is 0.878. The van der Waals surface area contributed by atoms with Gasteiger partial charge >= 0.3 is 0 Å². The van der Waals surface area contributed by atoms with Crippen LogP contribution in [0.25, 0.3) is 0 Å². The highest BCUT2D eigenvalue weighted by Crippen LogP contribution is 2.32. The van der Waals surface area contributed by atoms with Crippen molar-refractivity contribution in [2.45, 2.75) is 25.3 Å². The molecule has 0 heterocycles. The molecule has 0 bridgehead atoms. The maximum atomic E-state index is 13.7. The van der Waals surface area contributed by atoms with Gasteiger partial charge in [0.1, 0.15) is 5.82 Å². The average Bonchev–Trinajstić information content (AvgIpc) is 2.92. The first-order chi connectivity index (χ1) is 9.70. The topological polar surface area (TPSA) is 12.0 Å². The molecule has 2 aromatic carbocycles. The van der Waals surface area contributed by atoms with Gasteiger partial charge in [0.25, 0.3) is 0 Å². The molecule has 20 heavy (non-hydrogen) atoms. The summed E-state index contributed by atoms with van der Waals surface area (Å²) in [4.78, 5) is 0. The van der Waals surface area contributed by atoms with Gasteiger partial charge in [-0.05, 0) is 70.6 Å². The third-order valence-corrected chi connectivity index (χ3v) is 4.87. The molecular weight excluding hydrogens is 317 g/mol. The van der Waals surface area contributed by atoms with E-state index in [1.807, 2.05) is 13.1 Å². The van der Waals surface area contributed by atoms with Crippen molar-refractivity contribution in [3.63, 3.8) is 0 Å². The van der Waals surface area contributed by atoms with Crippen LogP contribution in [0, 0.1) is 5.82 Å². The second kappa shape index (κ2) is 5.66. The van der Waals surface area contributed by atoms with Crippen molar-refractivity contribution in [2.24, 2.45) is 0 Å². The molecule has 3 rings (SSSR count). The molecule has 2 aromatic rings. The largest absolute Gasteiger partial charge is 0.309 e. The van der Waals surface area contributed by atoms with E-state index in [2.05, 4.69) is 39.4 Å². The molecule has 1 aliphatic carbocycles. The van der Waals surface area contributed by atoms with Crippen LogP contribution < -0.4 is 5.32 Å². The fourth-order valence-electron chi connectivity index (χ4n) is 3.02. The molecule has 0 saturated carbocycles. The standard InChI is InChI=1S/C17H17BrFN/c1-20-17(14-6-3-7-15(19)16(14)18)13-9-8-11-4-2-5-12(11)10-13/h3,6-10,17,20H,2,4-5H2,1H3. The predicted molar refractivity (Wildman–Crippen MR) is 83.5 cm³/mol. The highest BCUT2D eigenvalue weighted by Gasteiger charge is 2.19. The van der Waals surface area contributed by atoms with Crippen molar-refractivity contribution in [1.82, 2.24) is 5.32 Å². The smallest absolute Gasteiger partial charge is 0.137 e. The molecule has 1 atom stereocenters. The van der Waals surface area contributed by atoms with E-state index in [9.17, 15) is 4.39 Å².